The maximum atomic E-state index is 9.81. The van der Waals surface area contributed by atoms with Crippen LogP contribution in [0.4, 0.5) is 0 Å². The van der Waals surface area contributed by atoms with Crippen molar-refractivity contribution >= 4 is 72.1 Å². The van der Waals surface area contributed by atoms with Gasteiger partial charge in [0.25, 0.3) is 0 Å². The molecule has 4 heterocycles. The molecular formula is C54H42BBrN2O2. The fourth-order valence-electron chi connectivity index (χ4n) is 10.2. The van der Waals surface area contributed by atoms with E-state index in [0.717, 1.165) is 20.8 Å². The van der Waals surface area contributed by atoms with E-state index in [1.807, 2.05) is 18.2 Å². The molecule has 0 bridgehead atoms. The molecule has 6 heteroatoms. The molecular weight excluding hydrogens is 799 g/mol. The number of rotatable bonds is 3. The van der Waals surface area contributed by atoms with Crippen molar-refractivity contribution in [2.45, 2.75) is 38.5 Å². The third-order valence-electron chi connectivity index (χ3n) is 13.2. The van der Waals surface area contributed by atoms with Gasteiger partial charge in [-0.15, -0.1) is 0 Å². The monoisotopic (exact) mass is 840 g/mol. The van der Waals surface area contributed by atoms with Gasteiger partial charge in [-0.25, -0.2) is 0 Å². The van der Waals surface area contributed by atoms with E-state index in [2.05, 4.69) is 198 Å². The van der Waals surface area contributed by atoms with Crippen LogP contribution >= 0.6 is 15.9 Å². The highest BCUT2D eigenvalue weighted by molar-refractivity contribution is 9.10. The van der Waals surface area contributed by atoms with Crippen molar-refractivity contribution in [3.63, 3.8) is 0 Å². The van der Waals surface area contributed by atoms with Crippen LogP contribution in [0.2, 0.25) is 0 Å². The van der Waals surface area contributed by atoms with E-state index in [0.29, 0.717) is 5.46 Å². The predicted octanol–water partition coefficient (Wildman–Crippen LogP) is 12.6. The van der Waals surface area contributed by atoms with Gasteiger partial charge < -0.3 is 19.2 Å². The first-order chi connectivity index (χ1) is 29.0. The van der Waals surface area contributed by atoms with Crippen molar-refractivity contribution in [2.24, 2.45) is 0 Å². The summed E-state index contributed by atoms with van der Waals surface area (Å²) in [7, 11) is -1.49. The molecule has 0 aliphatic carbocycles. The van der Waals surface area contributed by atoms with Crippen molar-refractivity contribution in [3.8, 4) is 33.6 Å². The quantitative estimate of drug-likeness (QED) is 0.174. The van der Waals surface area contributed by atoms with Gasteiger partial charge in [0, 0.05) is 36.8 Å². The van der Waals surface area contributed by atoms with Crippen LogP contribution in [0, 0.1) is 0 Å². The van der Waals surface area contributed by atoms with Crippen molar-refractivity contribution in [3.05, 3.63) is 197 Å². The minimum atomic E-state index is -1.49. The molecule has 0 saturated heterocycles. The highest BCUT2D eigenvalue weighted by Crippen LogP contribution is 2.50. The van der Waals surface area contributed by atoms with Crippen LogP contribution < -0.4 is 5.46 Å². The number of hydrogen-bond acceptors (Lipinski definition) is 2. The zero-order valence-corrected chi connectivity index (χ0v) is 35.5. The Balaban J connectivity index is 0.000000136. The minimum Gasteiger partial charge on any atom is -0.423 e. The number of halogens is 1. The Kier molecular flexibility index (Phi) is 8.25. The van der Waals surface area contributed by atoms with Crippen LogP contribution in [-0.4, -0.2) is 26.3 Å². The maximum Gasteiger partial charge on any atom is 0.488 e. The Morgan fingerprint density at radius 1 is 0.417 bits per heavy atom. The molecule has 0 unspecified atom stereocenters. The van der Waals surface area contributed by atoms with E-state index in [1.54, 1.807) is 6.07 Å². The topological polar surface area (TPSA) is 50.3 Å². The maximum absolute atomic E-state index is 9.81. The first-order valence-corrected chi connectivity index (χ1v) is 21.4. The second kappa shape index (κ2) is 13.4. The normalized spacial score (nSPS) is 14.2. The highest BCUT2D eigenvalue weighted by Gasteiger charge is 2.37. The van der Waals surface area contributed by atoms with Gasteiger partial charge in [0.05, 0.1) is 33.4 Å². The summed E-state index contributed by atoms with van der Waals surface area (Å²) in [5.74, 6) is 0. The van der Waals surface area contributed by atoms with Gasteiger partial charge in [0.2, 0.25) is 0 Å². The number of benzene rings is 8. The summed E-state index contributed by atoms with van der Waals surface area (Å²) in [5, 5.41) is 24.4. The third-order valence-corrected chi connectivity index (χ3v) is 13.7. The first-order valence-electron chi connectivity index (χ1n) is 20.6. The van der Waals surface area contributed by atoms with E-state index in [-0.39, 0.29) is 10.8 Å². The molecule has 2 aliphatic rings. The summed E-state index contributed by atoms with van der Waals surface area (Å²) < 4.78 is 5.91. The summed E-state index contributed by atoms with van der Waals surface area (Å²) in [6.07, 6.45) is 0. The van der Waals surface area contributed by atoms with Gasteiger partial charge in [-0.3, -0.25) is 0 Å². The second-order valence-corrected chi connectivity index (χ2v) is 18.3. The lowest BCUT2D eigenvalue weighted by atomic mass is 9.74. The predicted molar refractivity (Wildman–Crippen MR) is 254 cm³/mol. The number of hydrogen-bond donors (Lipinski definition) is 2. The zero-order chi connectivity index (χ0) is 41.1. The number of fused-ring (bicyclic) bond motifs is 10. The molecule has 0 atom stereocenters. The molecule has 60 heavy (non-hydrogen) atoms. The van der Waals surface area contributed by atoms with E-state index in [1.165, 1.54) is 83.2 Å². The van der Waals surface area contributed by atoms with Crippen molar-refractivity contribution in [1.82, 2.24) is 9.13 Å². The van der Waals surface area contributed by atoms with Gasteiger partial charge >= 0.3 is 7.12 Å². The molecule has 2 aliphatic heterocycles. The van der Waals surface area contributed by atoms with Crippen molar-refractivity contribution < 1.29 is 10.0 Å². The largest absolute Gasteiger partial charge is 0.488 e. The van der Waals surface area contributed by atoms with Gasteiger partial charge in [0.1, 0.15) is 0 Å². The summed E-state index contributed by atoms with van der Waals surface area (Å²) in [4.78, 5) is 0. The van der Waals surface area contributed by atoms with Crippen LogP contribution in [0.25, 0.3) is 77.2 Å². The molecule has 0 amide bonds. The Morgan fingerprint density at radius 3 is 1.33 bits per heavy atom. The Morgan fingerprint density at radius 2 is 0.850 bits per heavy atom. The van der Waals surface area contributed by atoms with Crippen LogP contribution in [-0.2, 0) is 10.8 Å². The van der Waals surface area contributed by atoms with Gasteiger partial charge in [-0.1, -0.05) is 153 Å². The number of nitrogens with zero attached hydrogens (tertiary/aromatic N) is 2. The van der Waals surface area contributed by atoms with Gasteiger partial charge in [-0.05, 0) is 111 Å². The standard InChI is InChI=1S/C27H22BNO2.C27H20BrN/c1-27(2)22-10-6-7-11-25(22)29-24-13-12-19(28(30)31)16-20(24)21-14-18(15-23(27)26(21)29)17-8-4-3-5-9-17;1-27(2)22-10-6-7-11-25(22)29-24-13-12-19(28)16-20(24)21-14-18(15-23(27)26(21)29)17-8-4-3-5-9-17/h3-16,30-31H,1-2H3;3-16H,1-2H3. The van der Waals surface area contributed by atoms with E-state index in [4.69, 9.17) is 0 Å². The molecule has 290 valence electrons. The van der Waals surface area contributed by atoms with Gasteiger partial charge in [0.15, 0.2) is 0 Å². The number of para-hydroxylation sites is 2. The Hall–Kier alpha value is -6.18. The van der Waals surface area contributed by atoms with E-state index in [9.17, 15) is 10.0 Å². The van der Waals surface area contributed by atoms with Crippen molar-refractivity contribution in [1.29, 1.82) is 0 Å². The lowest BCUT2D eigenvalue weighted by Crippen LogP contribution is -2.29. The van der Waals surface area contributed by atoms with Crippen LogP contribution in [0.5, 0.6) is 0 Å². The number of aromatic nitrogens is 2. The first kappa shape index (κ1) is 36.9. The summed E-state index contributed by atoms with van der Waals surface area (Å²) in [6, 6.07) is 60.3. The third kappa shape index (κ3) is 5.37. The highest BCUT2D eigenvalue weighted by atomic mass is 79.9. The summed E-state index contributed by atoms with van der Waals surface area (Å²) in [6.45, 7) is 9.29. The smallest absolute Gasteiger partial charge is 0.423 e. The van der Waals surface area contributed by atoms with Crippen LogP contribution in [0.15, 0.2) is 174 Å². The molecule has 2 aromatic heterocycles. The van der Waals surface area contributed by atoms with E-state index >= 15 is 0 Å². The lowest BCUT2D eigenvalue weighted by Gasteiger charge is -2.35. The molecule has 0 radical (unpaired) electrons. The molecule has 4 nitrogen and oxygen atoms in total. The average molecular weight is 842 g/mol. The van der Waals surface area contributed by atoms with Crippen molar-refractivity contribution in [2.75, 3.05) is 0 Å². The molecule has 10 aromatic rings. The zero-order valence-electron chi connectivity index (χ0n) is 33.9. The Labute approximate surface area is 358 Å². The molecule has 8 aromatic carbocycles. The average Bonchev–Trinajstić information content (AvgIpc) is 3.78. The molecule has 0 spiro atoms. The molecule has 12 rings (SSSR count). The fraction of sp³-hybridized carbons (Fsp3) is 0.111. The lowest BCUT2D eigenvalue weighted by molar-refractivity contribution is 0.426. The van der Waals surface area contributed by atoms with E-state index < -0.39 is 7.12 Å². The molecule has 0 fully saturated rings. The summed E-state index contributed by atoms with van der Waals surface area (Å²) in [5.41, 5.74) is 17.8. The summed E-state index contributed by atoms with van der Waals surface area (Å²) >= 11 is 3.69. The second-order valence-electron chi connectivity index (χ2n) is 17.3. The fourth-order valence-corrected chi connectivity index (χ4v) is 10.5. The van der Waals surface area contributed by atoms with Crippen LogP contribution in [0.3, 0.4) is 0 Å². The Bertz CT molecular complexity index is 3360. The SMILES string of the molecule is CC1(C)c2ccccc2-n2c3ccc(B(O)O)cc3c3cc(-c4ccccc4)cc1c32.CC1(C)c2ccccc2-n2c3ccc(Br)cc3c3cc(-c4ccccc4)cc1c32. The van der Waals surface area contributed by atoms with Crippen LogP contribution in [0.1, 0.15) is 49.9 Å². The van der Waals surface area contributed by atoms with Gasteiger partial charge in [-0.2, -0.15) is 0 Å². The minimum absolute atomic E-state index is 0.0682. The molecule has 2 N–H and O–H groups in total. The molecule has 0 saturated carbocycles.